The monoisotopic (exact) mass is 447 g/mol. The second kappa shape index (κ2) is 9.54. The molecule has 0 unspecified atom stereocenters. The van der Waals surface area contributed by atoms with Gasteiger partial charge in [-0.3, -0.25) is 9.78 Å². The lowest BCUT2D eigenvalue weighted by Crippen LogP contribution is -2.21. The summed E-state index contributed by atoms with van der Waals surface area (Å²) in [5.41, 5.74) is 2.71. The minimum absolute atomic E-state index is 0.00805. The number of carboxylic acids is 1. The molecule has 1 aliphatic carbocycles. The minimum Gasteiger partial charge on any atom is -0.475 e. The Morgan fingerprint density at radius 1 is 1.00 bits per heavy atom. The van der Waals surface area contributed by atoms with E-state index in [0.29, 0.717) is 5.82 Å². The molecule has 0 saturated heterocycles. The highest BCUT2D eigenvalue weighted by Gasteiger charge is 2.44. The number of alkyl halides is 3. The molecule has 3 aromatic rings. The van der Waals surface area contributed by atoms with Crippen molar-refractivity contribution in [2.45, 2.75) is 18.5 Å². The normalized spacial score (nSPS) is 17.0. The number of halogens is 4. The SMILES string of the molecule is O=C(Nc1ccccn1)[C@@H]1C[C@H]1c1ccc(-c2ccc(F)cc2)nc1.O=C(O)C(F)(F)F. The van der Waals surface area contributed by atoms with E-state index in [4.69, 9.17) is 9.90 Å². The average Bonchev–Trinajstić information content (AvgIpc) is 3.56. The van der Waals surface area contributed by atoms with E-state index in [1.54, 1.807) is 30.6 Å². The van der Waals surface area contributed by atoms with Crippen LogP contribution in [0, 0.1) is 11.7 Å². The number of nitrogens with zero attached hydrogens (tertiary/aromatic N) is 2. The zero-order chi connectivity index (χ0) is 23.3. The molecule has 6 nitrogen and oxygen atoms in total. The van der Waals surface area contributed by atoms with Crippen LogP contribution in [0.4, 0.5) is 23.4 Å². The van der Waals surface area contributed by atoms with E-state index in [1.165, 1.54) is 12.1 Å². The molecule has 166 valence electrons. The van der Waals surface area contributed by atoms with Gasteiger partial charge in [0.15, 0.2) is 0 Å². The van der Waals surface area contributed by atoms with Gasteiger partial charge in [0.1, 0.15) is 11.6 Å². The average molecular weight is 447 g/mol. The lowest BCUT2D eigenvalue weighted by molar-refractivity contribution is -0.192. The summed E-state index contributed by atoms with van der Waals surface area (Å²) in [6.07, 6.45) is -0.814. The molecule has 2 heterocycles. The first-order valence-electron chi connectivity index (χ1n) is 9.39. The predicted molar refractivity (Wildman–Crippen MR) is 107 cm³/mol. The molecule has 0 bridgehead atoms. The van der Waals surface area contributed by atoms with E-state index in [2.05, 4.69) is 15.3 Å². The van der Waals surface area contributed by atoms with Crippen molar-refractivity contribution in [1.82, 2.24) is 9.97 Å². The molecule has 0 aliphatic heterocycles. The third-order valence-corrected chi connectivity index (χ3v) is 4.64. The van der Waals surface area contributed by atoms with Crippen LogP contribution in [-0.2, 0) is 9.59 Å². The fourth-order valence-electron chi connectivity index (χ4n) is 2.92. The number of amides is 1. The third-order valence-electron chi connectivity index (χ3n) is 4.64. The molecular formula is C22H17F4N3O3. The maximum Gasteiger partial charge on any atom is 0.490 e. The first-order valence-corrected chi connectivity index (χ1v) is 9.39. The van der Waals surface area contributed by atoms with Crippen LogP contribution in [0.5, 0.6) is 0 Å². The summed E-state index contributed by atoms with van der Waals surface area (Å²) in [5, 5.41) is 9.97. The van der Waals surface area contributed by atoms with E-state index in [0.717, 1.165) is 23.2 Å². The van der Waals surface area contributed by atoms with E-state index in [1.807, 2.05) is 24.3 Å². The molecule has 2 aromatic heterocycles. The number of benzene rings is 1. The number of rotatable bonds is 4. The van der Waals surface area contributed by atoms with Crippen LogP contribution in [0.2, 0.25) is 0 Å². The maximum atomic E-state index is 13.0. The molecule has 1 aromatic carbocycles. The van der Waals surface area contributed by atoms with Gasteiger partial charge in [-0.25, -0.2) is 14.2 Å². The topological polar surface area (TPSA) is 92.2 Å². The first kappa shape index (κ1) is 22.9. The zero-order valence-electron chi connectivity index (χ0n) is 16.4. The number of anilines is 1. The number of hydrogen-bond acceptors (Lipinski definition) is 4. The highest BCUT2D eigenvalue weighted by Crippen LogP contribution is 2.47. The fourth-order valence-corrected chi connectivity index (χ4v) is 2.92. The van der Waals surface area contributed by atoms with Crippen molar-refractivity contribution in [1.29, 1.82) is 0 Å². The number of carbonyl (C=O) groups is 2. The Morgan fingerprint density at radius 3 is 2.22 bits per heavy atom. The van der Waals surface area contributed by atoms with E-state index < -0.39 is 12.1 Å². The molecule has 0 radical (unpaired) electrons. The summed E-state index contributed by atoms with van der Waals surface area (Å²) in [7, 11) is 0. The molecule has 1 fully saturated rings. The van der Waals surface area contributed by atoms with Gasteiger partial charge >= 0.3 is 12.1 Å². The van der Waals surface area contributed by atoms with Gasteiger partial charge in [-0.1, -0.05) is 12.1 Å². The van der Waals surface area contributed by atoms with Gasteiger partial charge in [0.25, 0.3) is 0 Å². The molecule has 2 N–H and O–H groups in total. The Hall–Kier alpha value is -3.82. The Balaban J connectivity index is 0.000000360. The van der Waals surface area contributed by atoms with Gasteiger partial charge < -0.3 is 10.4 Å². The second-order valence-electron chi connectivity index (χ2n) is 6.94. The number of pyridine rings is 2. The smallest absolute Gasteiger partial charge is 0.475 e. The number of nitrogens with one attached hydrogen (secondary N) is 1. The van der Waals surface area contributed by atoms with Crippen molar-refractivity contribution >= 4 is 17.7 Å². The first-order chi connectivity index (χ1) is 15.1. The Morgan fingerprint density at radius 2 is 1.69 bits per heavy atom. The van der Waals surface area contributed by atoms with Crippen molar-refractivity contribution in [3.63, 3.8) is 0 Å². The van der Waals surface area contributed by atoms with Gasteiger partial charge in [0, 0.05) is 23.9 Å². The van der Waals surface area contributed by atoms with Crippen molar-refractivity contribution in [3.8, 4) is 11.3 Å². The van der Waals surface area contributed by atoms with Crippen LogP contribution >= 0.6 is 0 Å². The lowest BCUT2D eigenvalue weighted by atomic mass is 10.1. The molecule has 1 saturated carbocycles. The van der Waals surface area contributed by atoms with E-state index >= 15 is 0 Å². The van der Waals surface area contributed by atoms with Gasteiger partial charge in [-0.2, -0.15) is 13.2 Å². The molecule has 32 heavy (non-hydrogen) atoms. The Bertz CT molecular complexity index is 1070. The molecule has 1 amide bonds. The van der Waals surface area contributed by atoms with Crippen LogP contribution in [0.25, 0.3) is 11.3 Å². The van der Waals surface area contributed by atoms with Crippen molar-refractivity contribution in [3.05, 3.63) is 78.4 Å². The minimum atomic E-state index is -5.08. The molecule has 0 spiro atoms. The van der Waals surface area contributed by atoms with Gasteiger partial charge in [0.05, 0.1) is 5.69 Å². The number of aromatic nitrogens is 2. The van der Waals surface area contributed by atoms with Gasteiger partial charge in [-0.05, 0) is 60.4 Å². The van der Waals surface area contributed by atoms with Gasteiger partial charge in [0.2, 0.25) is 5.91 Å². The zero-order valence-corrected chi connectivity index (χ0v) is 16.4. The number of carbonyl (C=O) groups excluding carboxylic acids is 1. The number of carboxylic acid groups (broad SMARTS) is 1. The lowest BCUT2D eigenvalue weighted by Gasteiger charge is -2.05. The number of aliphatic carboxylic acids is 1. The predicted octanol–water partition coefficient (Wildman–Crippen LogP) is 4.66. The summed E-state index contributed by atoms with van der Waals surface area (Å²) in [6, 6.07) is 15.6. The molecule has 4 rings (SSSR count). The third kappa shape index (κ3) is 6.10. The maximum absolute atomic E-state index is 13.0. The van der Waals surface area contributed by atoms with Crippen molar-refractivity contribution in [2.24, 2.45) is 5.92 Å². The highest BCUT2D eigenvalue weighted by atomic mass is 19.4. The van der Waals surface area contributed by atoms with Crippen LogP contribution in [0.15, 0.2) is 67.0 Å². The van der Waals surface area contributed by atoms with Crippen molar-refractivity contribution < 1.29 is 32.3 Å². The molecule has 2 atom stereocenters. The van der Waals surface area contributed by atoms with Gasteiger partial charge in [-0.15, -0.1) is 0 Å². The van der Waals surface area contributed by atoms with Crippen LogP contribution in [0.1, 0.15) is 17.9 Å². The summed E-state index contributed by atoms with van der Waals surface area (Å²) in [6.45, 7) is 0. The quantitative estimate of drug-likeness (QED) is 0.568. The molecule has 10 heteroatoms. The Kier molecular flexibility index (Phi) is 6.82. The van der Waals surface area contributed by atoms with Crippen LogP contribution in [-0.4, -0.2) is 33.1 Å². The summed E-state index contributed by atoms with van der Waals surface area (Å²) >= 11 is 0. The highest BCUT2D eigenvalue weighted by molar-refractivity contribution is 5.94. The van der Waals surface area contributed by atoms with Crippen LogP contribution < -0.4 is 5.32 Å². The van der Waals surface area contributed by atoms with E-state index in [-0.39, 0.29) is 23.6 Å². The van der Waals surface area contributed by atoms with Crippen molar-refractivity contribution in [2.75, 3.05) is 5.32 Å². The number of hydrogen-bond donors (Lipinski definition) is 2. The van der Waals surface area contributed by atoms with Crippen LogP contribution in [0.3, 0.4) is 0 Å². The second-order valence-corrected chi connectivity index (χ2v) is 6.94. The molecule has 1 aliphatic rings. The standard InChI is InChI=1S/C20H16FN3O.C2HF3O2/c21-15-7-4-13(5-8-15)18-9-6-14(12-23-18)16-11-17(16)20(25)24-19-3-1-2-10-22-19;3-2(4,5)1(6)7/h1-10,12,16-17H,11H2,(H,22,24,25);(H,6,7)/t16-,17+;/m0./s1. The Labute approximate surface area is 180 Å². The summed E-state index contributed by atoms with van der Waals surface area (Å²) in [5.74, 6) is -2.30. The molecular weight excluding hydrogens is 430 g/mol. The van der Waals surface area contributed by atoms with E-state index in [9.17, 15) is 22.4 Å². The fraction of sp³-hybridized carbons (Fsp3) is 0.182. The summed E-state index contributed by atoms with van der Waals surface area (Å²) < 4.78 is 44.7. The summed E-state index contributed by atoms with van der Waals surface area (Å²) in [4.78, 5) is 29.7. The largest absolute Gasteiger partial charge is 0.490 e.